The molecule has 0 spiro atoms. The zero-order valence-electron chi connectivity index (χ0n) is 13.6. The summed E-state index contributed by atoms with van der Waals surface area (Å²) in [7, 11) is 0. The molecule has 2 aromatic heterocycles. The predicted molar refractivity (Wildman–Crippen MR) is 98.4 cm³/mol. The summed E-state index contributed by atoms with van der Waals surface area (Å²) in [4.78, 5) is 13.7. The molecular formula is C19H18N4S. The molecule has 0 unspecified atom stereocenters. The van der Waals surface area contributed by atoms with Gasteiger partial charge in [0, 0.05) is 18.7 Å². The highest BCUT2D eigenvalue weighted by Gasteiger charge is 2.22. The molecule has 0 bridgehead atoms. The molecule has 0 saturated carbocycles. The van der Waals surface area contributed by atoms with Gasteiger partial charge in [0.15, 0.2) is 5.82 Å². The van der Waals surface area contributed by atoms with E-state index in [-0.39, 0.29) is 0 Å². The van der Waals surface area contributed by atoms with Gasteiger partial charge in [-0.15, -0.1) is 11.3 Å². The molecule has 1 aromatic carbocycles. The largest absolute Gasteiger partial charge is 0.356 e. The SMILES string of the molecule is Cc1c(C#N)sc2nc(-c3ccccc3)nc(N3CCCCC3)c12. The van der Waals surface area contributed by atoms with E-state index in [1.807, 2.05) is 37.3 Å². The van der Waals surface area contributed by atoms with Crippen molar-refractivity contribution in [3.8, 4) is 17.5 Å². The molecule has 1 fully saturated rings. The van der Waals surface area contributed by atoms with Crippen LogP contribution in [-0.4, -0.2) is 23.1 Å². The second-order valence-electron chi connectivity index (χ2n) is 6.13. The standard InChI is InChI=1S/C19H18N4S/c1-13-15(12-20)24-19-16(13)18(23-10-6-3-7-11-23)21-17(22-19)14-8-4-2-5-9-14/h2,4-5,8-9H,3,6-7,10-11H2,1H3. The highest BCUT2D eigenvalue weighted by molar-refractivity contribution is 7.19. The Morgan fingerprint density at radius 3 is 2.54 bits per heavy atom. The number of aromatic nitrogens is 2. The maximum atomic E-state index is 9.41. The normalized spacial score (nSPS) is 14.8. The van der Waals surface area contributed by atoms with E-state index in [4.69, 9.17) is 9.97 Å². The molecule has 1 aliphatic heterocycles. The minimum atomic E-state index is 0.739. The highest BCUT2D eigenvalue weighted by atomic mass is 32.1. The summed E-state index contributed by atoms with van der Waals surface area (Å²) in [5.41, 5.74) is 2.03. The molecule has 0 atom stereocenters. The molecule has 3 heterocycles. The summed E-state index contributed by atoms with van der Waals surface area (Å²) >= 11 is 1.47. The van der Waals surface area contributed by atoms with Crippen LogP contribution in [-0.2, 0) is 0 Å². The van der Waals surface area contributed by atoms with E-state index >= 15 is 0 Å². The van der Waals surface area contributed by atoms with Crippen molar-refractivity contribution >= 4 is 27.4 Å². The van der Waals surface area contributed by atoms with Crippen LogP contribution in [0.1, 0.15) is 29.7 Å². The van der Waals surface area contributed by atoms with Crippen molar-refractivity contribution in [1.82, 2.24) is 9.97 Å². The zero-order chi connectivity index (χ0) is 16.5. The van der Waals surface area contributed by atoms with Crippen molar-refractivity contribution in [1.29, 1.82) is 5.26 Å². The van der Waals surface area contributed by atoms with E-state index in [1.165, 1.54) is 30.6 Å². The van der Waals surface area contributed by atoms with Crippen molar-refractivity contribution in [3.05, 3.63) is 40.8 Å². The summed E-state index contributed by atoms with van der Waals surface area (Å²) in [5.74, 6) is 1.74. The Morgan fingerprint density at radius 2 is 1.83 bits per heavy atom. The van der Waals surface area contributed by atoms with E-state index in [2.05, 4.69) is 11.0 Å². The Balaban J connectivity index is 1.96. The van der Waals surface area contributed by atoms with Crippen LogP contribution in [0.3, 0.4) is 0 Å². The first-order valence-electron chi connectivity index (χ1n) is 8.29. The Bertz CT molecular complexity index is 918. The predicted octanol–water partition coefficient (Wildman–Crippen LogP) is 4.53. The maximum Gasteiger partial charge on any atom is 0.163 e. The smallest absolute Gasteiger partial charge is 0.163 e. The van der Waals surface area contributed by atoms with E-state index in [1.54, 1.807) is 0 Å². The number of anilines is 1. The molecule has 0 radical (unpaired) electrons. The fraction of sp³-hybridized carbons (Fsp3) is 0.316. The number of benzene rings is 1. The third-order valence-electron chi connectivity index (χ3n) is 4.56. The maximum absolute atomic E-state index is 9.41. The zero-order valence-corrected chi connectivity index (χ0v) is 14.4. The van der Waals surface area contributed by atoms with Gasteiger partial charge >= 0.3 is 0 Å². The first-order valence-corrected chi connectivity index (χ1v) is 9.11. The van der Waals surface area contributed by atoms with Crippen molar-refractivity contribution in [2.45, 2.75) is 26.2 Å². The Labute approximate surface area is 145 Å². The van der Waals surface area contributed by atoms with Crippen LogP contribution in [0.15, 0.2) is 30.3 Å². The molecule has 4 rings (SSSR count). The lowest BCUT2D eigenvalue weighted by molar-refractivity contribution is 0.575. The first kappa shape index (κ1) is 15.1. The first-order chi connectivity index (χ1) is 11.8. The van der Waals surface area contributed by atoms with E-state index in [9.17, 15) is 5.26 Å². The second kappa shape index (κ2) is 6.21. The fourth-order valence-electron chi connectivity index (χ4n) is 3.28. The number of nitriles is 1. The number of hydrogen-bond acceptors (Lipinski definition) is 5. The van der Waals surface area contributed by atoms with Crippen molar-refractivity contribution < 1.29 is 0 Å². The van der Waals surface area contributed by atoms with Gasteiger partial charge in [-0.1, -0.05) is 30.3 Å². The lowest BCUT2D eigenvalue weighted by Gasteiger charge is -2.28. The number of piperidine rings is 1. The molecular weight excluding hydrogens is 316 g/mol. The molecule has 0 aliphatic carbocycles. The number of thiophene rings is 1. The van der Waals surface area contributed by atoms with Crippen LogP contribution in [0.2, 0.25) is 0 Å². The Hall–Kier alpha value is -2.45. The lowest BCUT2D eigenvalue weighted by atomic mass is 10.1. The molecule has 24 heavy (non-hydrogen) atoms. The number of hydrogen-bond donors (Lipinski definition) is 0. The van der Waals surface area contributed by atoms with Gasteiger partial charge in [-0.05, 0) is 31.7 Å². The van der Waals surface area contributed by atoms with Crippen LogP contribution in [0.4, 0.5) is 5.82 Å². The minimum Gasteiger partial charge on any atom is -0.356 e. The Kier molecular flexibility index (Phi) is 3.91. The van der Waals surface area contributed by atoms with Crippen molar-refractivity contribution in [2.24, 2.45) is 0 Å². The van der Waals surface area contributed by atoms with E-state index in [0.717, 1.165) is 51.0 Å². The fourth-order valence-corrected chi connectivity index (χ4v) is 4.25. The number of nitrogens with zero attached hydrogens (tertiary/aromatic N) is 4. The van der Waals surface area contributed by atoms with Gasteiger partial charge in [0.2, 0.25) is 0 Å². The topological polar surface area (TPSA) is 52.8 Å². The van der Waals surface area contributed by atoms with Crippen LogP contribution in [0.25, 0.3) is 21.6 Å². The summed E-state index contributed by atoms with van der Waals surface area (Å²) < 4.78 is 0. The number of rotatable bonds is 2. The van der Waals surface area contributed by atoms with Gasteiger partial charge in [-0.2, -0.15) is 5.26 Å². The number of fused-ring (bicyclic) bond motifs is 1. The minimum absolute atomic E-state index is 0.739. The Morgan fingerprint density at radius 1 is 1.08 bits per heavy atom. The molecule has 4 nitrogen and oxygen atoms in total. The van der Waals surface area contributed by atoms with Crippen molar-refractivity contribution in [2.75, 3.05) is 18.0 Å². The molecule has 1 aliphatic rings. The molecule has 0 N–H and O–H groups in total. The van der Waals surface area contributed by atoms with Gasteiger partial charge in [-0.3, -0.25) is 0 Å². The van der Waals surface area contributed by atoms with Crippen molar-refractivity contribution in [3.63, 3.8) is 0 Å². The lowest BCUT2D eigenvalue weighted by Crippen LogP contribution is -2.30. The summed E-state index contributed by atoms with van der Waals surface area (Å²) in [6.45, 7) is 4.06. The second-order valence-corrected chi connectivity index (χ2v) is 7.13. The third-order valence-corrected chi connectivity index (χ3v) is 5.65. The molecule has 5 heteroatoms. The van der Waals surface area contributed by atoms with Gasteiger partial charge in [-0.25, -0.2) is 9.97 Å². The van der Waals surface area contributed by atoms with Gasteiger partial charge in [0.1, 0.15) is 21.6 Å². The van der Waals surface area contributed by atoms with Gasteiger partial charge in [0.05, 0.1) is 5.39 Å². The third kappa shape index (κ3) is 2.53. The molecule has 120 valence electrons. The average molecular weight is 334 g/mol. The monoisotopic (exact) mass is 334 g/mol. The van der Waals surface area contributed by atoms with Gasteiger partial charge < -0.3 is 4.90 Å². The summed E-state index contributed by atoms with van der Waals surface area (Å²) in [6.07, 6.45) is 3.67. The van der Waals surface area contributed by atoms with Crippen LogP contribution < -0.4 is 4.90 Å². The van der Waals surface area contributed by atoms with Crippen LogP contribution in [0, 0.1) is 18.3 Å². The van der Waals surface area contributed by atoms with E-state index in [0.29, 0.717) is 0 Å². The van der Waals surface area contributed by atoms with Crippen LogP contribution in [0.5, 0.6) is 0 Å². The highest BCUT2D eigenvalue weighted by Crippen LogP contribution is 2.37. The molecule has 3 aromatic rings. The quantitative estimate of drug-likeness (QED) is 0.691. The molecule has 0 amide bonds. The number of aryl methyl sites for hydroxylation is 1. The summed E-state index contributed by atoms with van der Waals surface area (Å²) in [6, 6.07) is 12.4. The van der Waals surface area contributed by atoms with Gasteiger partial charge in [0.25, 0.3) is 0 Å². The summed E-state index contributed by atoms with van der Waals surface area (Å²) in [5, 5.41) is 10.5. The molecule has 1 saturated heterocycles. The average Bonchev–Trinajstić information content (AvgIpc) is 2.98. The van der Waals surface area contributed by atoms with E-state index < -0.39 is 0 Å². The van der Waals surface area contributed by atoms with Crippen LogP contribution >= 0.6 is 11.3 Å².